The Bertz CT molecular complexity index is 872. The third kappa shape index (κ3) is 2.74. The van der Waals surface area contributed by atoms with Gasteiger partial charge in [0.1, 0.15) is 0 Å². The molecule has 0 aliphatic heterocycles. The number of nitrogens with zero attached hydrogens (tertiary/aromatic N) is 2. The molecule has 22 heavy (non-hydrogen) atoms. The van der Waals surface area contributed by atoms with Crippen molar-refractivity contribution >= 4 is 16.8 Å². The van der Waals surface area contributed by atoms with E-state index in [1.165, 1.54) is 4.90 Å². The van der Waals surface area contributed by atoms with Crippen LogP contribution in [0.1, 0.15) is 15.9 Å². The van der Waals surface area contributed by atoms with Gasteiger partial charge in [-0.15, -0.1) is 0 Å². The predicted octanol–water partition coefficient (Wildman–Crippen LogP) is 2.20. The summed E-state index contributed by atoms with van der Waals surface area (Å²) in [6, 6.07) is 12.7. The van der Waals surface area contributed by atoms with Crippen molar-refractivity contribution < 1.29 is 4.79 Å². The van der Waals surface area contributed by atoms with Crippen LogP contribution in [0.15, 0.2) is 59.7 Å². The molecule has 0 spiro atoms. The second kappa shape index (κ2) is 5.81. The molecule has 0 fully saturated rings. The van der Waals surface area contributed by atoms with Crippen molar-refractivity contribution in [3.05, 3.63) is 76.3 Å². The molecule has 110 valence electrons. The Morgan fingerprint density at radius 3 is 2.68 bits per heavy atom. The Hall–Kier alpha value is -2.95. The molecule has 1 amide bonds. The van der Waals surface area contributed by atoms with E-state index in [0.717, 1.165) is 10.9 Å². The van der Waals surface area contributed by atoms with Crippen molar-refractivity contribution in [3.8, 4) is 0 Å². The molecular weight excluding hydrogens is 278 g/mol. The molecule has 5 nitrogen and oxygen atoms in total. The highest BCUT2D eigenvalue weighted by molar-refractivity contribution is 5.93. The second-order valence-electron chi connectivity index (χ2n) is 5.11. The molecule has 5 heteroatoms. The summed E-state index contributed by atoms with van der Waals surface area (Å²) < 4.78 is 0. The summed E-state index contributed by atoms with van der Waals surface area (Å²) in [4.78, 5) is 32.7. The number of H-pyrrole nitrogens is 1. The molecule has 0 aliphatic rings. The Morgan fingerprint density at radius 1 is 1.18 bits per heavy atom. The second-order valence-corrected chi connectivity index (χ2v) is 5.11. The first-order valence-corrected chi connectivity index (χ1v) is 6.91. The number of para-hydroxylation sites is 1. The van der Waals surface area contributed by atoms with Crippen LogP contribution in [0.2, 0.25) is 0 Å². The van der Waals surface area contributed by atoms with E-state index in [-0.39, 0.29) is 18.0 Å². The summed E-state index contributed by atoms with van der Waals surface area (Å²) in [6.07, 6.45) is 3.15. The fraction of sp³-hybridized carbons (Fsp3) is 0.118. The molecule has 2 aromatic heterocycles. The number of fused-ring (bicyclic) bond motifs is 1. The number of aromatic amines is 1. The third-order valence-electron chi connectivity index (χ3n) is 3.51. The Morgan fingerprint density at radius 2 is 1.91 bits per heavy atom. The average molecular weight is 293 g/mol. The first-order chi connectivity index (χ1) is 10.6. The number of benzene rings is 1. The van der Waals surface area contributed by atoms with Gasteiger partial charge < -0.3 is 9.88 Å². The lowest BCUT2D eigenvalue weighted by molar-refractivity contribution is 0.0784. The zero-order valence-corrected chi connectivity index (χ0v) is 12.1. The van der Waals surface area contributed by atoms with Gasteiger partial charge in [0.15, 0.2) is 0 Å². The molecule has 0 atom stereocenters. The van der Waals surface area contributed by atoms with E-state index in [2.05, 4.69) is 9.97 Å². The average Bonchev–Trinajstić information content (AvgIpc) is 2.55. The molecule has 0 aliphatic carbocycles. The zero-order chi connectivity index (χ0) is 15.5. The predicted molar refractivity (Wildman–Crippen MR) is 84.6 cm³/mol. The molecule has 2 heterocycles. The van der Waals surface area contributed by atoms with Gasteiger partial charge in [-0.1, -0.05) is 18.2 Å². The van der Waals surface area contributed by atoms with Crippen molar-refractivity contribution in [2.75, 3.05) is 7.05 Å². The minimum atomic E-state index is -0.173. The number of carbonyl (C=O) groups excluding carboxylic acids is 1. The van der Waals surface area contributed by atoms with Crippen LogP contribution >= 0.6 is 0 Å². The molecule has 0 radical (unpaired) electrons. The van der Waals surface area contributed by atoms with Gasteiger partial charge in [-0.3, -0.25) is 14.6 Å². The number of rotatable bonds is 3. The largest absolute Gasteiger partial charge is 0.337 e. The number of carbonyl (C=O) groups is 1. The van der Waals surface area contributed by atoms with E-state index in [1.807, 2.05) is 30.3 Å². The standard InChI is InChI=1S/C17H15N3O2/c1-20(17(22)12-6-8-18-9-7-12)11-14-10-13-4-2-3-5-15(13)19-16(14)21/h2-10H,11H2,1H3,(H,19,21). The van der Waals surface area contributed by atoms with E-state index in [0.29, 0.717) is 11.1 Å². The highest BCUT2D eigenvalue weighted by atomic mass is 16.2. The van der Waals surface area contributed by atoms with E-state index < -0.39 is 0 Å². The van der Waals surface area contributed by atoms with Crippen molar-refractivity contribution in [1.82, 2.24) is 14.9 Å². The maximum Gasteiger partial charge on any atom is 0.254 e. The summed E-state index contributed by atoms with van der Waals surface area (Å²) in [5.74, 6) is -0.144. The zero-order valence-electron chi connectivity index (χ0n) is 12.1. The van der Waals surface area contributed by atoms with Gasteiger partial charge in [-0.2, -0.15) is 0 Å². The normalized spacial score (nSPS) is 10.6. The van der Waals surface area contributed by atoms with Crippen LogP contribution < -0.4 is 5.56 Å². The SMILES string of the molecule is CN(Cc1cc2ccccc2[nH]c1=O)C(=O)c1ccncc1. The molecule has 3 rings (SSSR count). The lowest BCUT2D eigenvalue weighted by Crippen LogP contribution is -2.29. The molecule has 3 aromatic rings. The lowest BCUT2D eigenvalue weighted by atomic mass is 10.1. The molecular formula is C17H15N3O2. The Balaban J connectivity index is 1.88. The Labute approximate surface area is 127 Å². The van der Waals surface area contributed by atoms with E-state index >= 15 is 0 Å². The molecule has 0 bridgehead atoms. The minimum Gasteiger partial charge on any atom is -0.337 e. The topological polar surface area (TPSA) is 66.1 Å². The van der Waals surface area contributed by atoms with Crippen molar-refractivity contribution in [2.45, 2.75) is 6.54 Å². The summed E-state index contributed by atoms with van der Waals surface area (Å²) in [7, 11) is 1.68. The van der Waals surface area contributed by atoms with Crippen LogP contribution in [0.25, 0.3) is 10.9 Å². The van der Waals surface area contributed by atoms with Crippen molar-refractivity contribution in [3.63, 3.8) is 0 Å². The maximum absolute atomic E-state index is 12.3. The highest BCUT2D eigenvalue weighted by Gasteiger charge is 2.13. The van der Waals surface area contributed by atoms with Gasteiger partial charge in [0.25, 0.3) is 11.5 Å². The van der Waals surface area contributed by atoms with E-state index in [9.17, 15) is 9.59 Å². The van der Waals surface area contributed by atoms with Gasteiger partial charge in [-0.05, 0) is 29.7 Å². The van der Waals surface area contributed by atoms with E-state index in [1.54, 1.807) is 31.6 Å². The fourth-order valence-corrected chi connectivity index (χ4v) is 2.35. The first-order valence-electron chi connectivity index (χ1n) is 6.91. The third-order valence-corrected chi connectivity index (χ3v) is 3.51. The molecule has 0 saturated carbocycles. The monoisotopic (exact) mass is 293 g/mol. The summed E-state index contributed by atoms with van der Waals surface area (Å²) in [6.45, 7) is 0.251. The van der Waals surface area contributed by atoms with Crippen molar-refractivity contribution in [1.29, 1.82) is 0 Å². The van der Waals surface area contributed by atoms with Crippen molar-refractivity contribution in [2.24, 2.45) is 0 Å². The van der Waals surface area contributed by atoms with Crippen LogP contribution in [0.4, 0.5) is 0 Å². The number of nitrogens with one attached hydrogen (secondary N) is 1. The first kappa shape index (κ1) is 14.0. The maximum atomic E-state index is 12.3. The van der Waals surface area contributed by atoms with E-state index in [4.69, 9.17) is 0 Å². The smallest absolute Gasteiger partial charge is 0.254 e. The van der Waals surface area contributed by atoms with Crippen LogP contribution in [0, 0.1) is 0 Å². The molecule has 0 saturated heterocycles. The van der Waals surface area contributed by atoms with Gasteiger partial charge >= 0.3 is 0 Å². The van der Waals surface area contributed by atoms with Gasteiger partial charge in [0, 0.05) is 36.1 Å². The van der Waals surface area contributed by atoms with Gasteiger partial charge in [0.05, 0.1) is 6.54 Å². The van der Waals surface area contributed by atoms with Crippen LogP contribution in [-0.4, -0.2) is 27.8 Å². The highest BCUT2D eigenvalue weighted by Crippen LogP contribution is 2.12. The minimum absolute atomic E-state index is 0.144. The Kier molecular flexibility index (Phi) is 3.70. The number of aromatic nitrogens is 2. The number of hydrogen-bond acceptors (Lipinski definition) is 3. The number of amides is 1. The van der Waals surface area contributed by atoms with Crippen LogP contribution in [0.3, 0.4) is 0 Å². The summed E-state index contributed by atoms with van der Waals surface area (Å²) >= 11 is 0. The summed E-state index contributed by atoms with van der Waals surface area (Å²) in [5, 5.41) is 0.946. The summed E-state index contributed by atoms with van der Waals surface area (Å²) in [5.41, 5.74) is 1.73. The quantitative estimate of drug-likeness (QED) is 0.805. The fourth-order valence-electron chi connectivity index (χ4n) is 2.35. The number of hydrogen-bond donors (Lipinski definition) is 1. The molecule has 1 N–H and O–H groups in total. The van der Waals surface area contributed by atoms with Crippen LogP contribution in [-0.2, 0) is 6.54 Å². The lowest BCUT2D eigenvalue weighted by Gasteiger charge is -2.17. The molecule has 0 unspecified atom stereocenters. The van der Waals surface area contributed by atoms with Crippen LogP contribution in [0.5, 0.6) is 0 Å². The van der Waals surface area contributed by atoms with Gasteiger partial charge in [-0.25, -0.2) is 0 Å². The van der Waals surface area contributed by atoms with Gasteiger partial charge in [0.2, 0.25) is 0 Å². The molecule has 1 aromatic carbocycles. The number of pyridine rings is 2.